The highest BCUT2D eigenvalue weighted by Gasteiger charge is 2.30. The number of rotatable bonds is 2. The predicted molar refractivity (Wildman–Crippen MR) is 76.9 cm³/mol. The third kappa shape index (κ3) is 2.77. The Balaban J connectivity index is 1.77. The molecule has 110 valence electrons. The Morgan fingerprint density at radius 1 is 1.29 bits per heavy atom. The van der Waals surface area contributed by atoms with E-state index in [0.717, 1.165) is 17.7 Å². The molecule has 1 fully saturated rings. The van der Waals surface area contributed by atoms with E-state index in [0.29, 0.717) is 18.5 Å². The number of ether oxygens (including phenoxy) is 1. The Bertz CT molecular complexity index is 608. The lowest BCUT2D eigenvalue weighted by molar-refractivity contribution is -0.145. The molecule has 1 unspecified atom stereocenters. The molecule has 1 aromatic carbocycles. The first-order valence-electron chi connectivity index (χ1n) is 7.09. The number of carboxylic acids is 1. The van der Waals surface area contributed by atoms with Gasteiger partial charge in [0.05, 0.1) is 11.5 Å². The molecule has 3 rings (SSSR count). The number of carboxylic acid groups (broad SMARTS) is 1. The number of fused-ring (bicyclic) bond motifs is 1. The fourth-order valence-corrected chi connectivity index (χ4v) is 2.81. The van der Waals surface area contributed by atoms with E-state index in [4.69, 9.17) is 9.84 Å². The topological polar surface area (TPSA) is 66.8 Å². The number of carbonyl (C=O) groups is 2. The second kappa shape index (κ2) is 5.60. The van der Waals surface area contributed by atoms with E-state index in [1.807, 2.05) is 30.3 Å². The van der Waals surface area contributed by atoms with Gasteiger partial charge in [-0.3, -0.25) is 9.59 Å². The van der Waals surface area contributed by atoms with Gasteiger partial charge in [-0.15, -0.1) is 0 Å². The van der Waals surface area contributed by atoms with Crippen LogP contribution in [-0.4, -0.2) is 41.6 Å². The molecule has 5 nitrogen and oxygen atoms in total. The number of amides is 1. The van der Waals surface area contributed by atoms with E-state index < -0.39 is 11.9 Å². The van der Waals surface area contributed by atoms with Crippen molar-refractivity contribution in [3.63, 3.8) is 0 Å². The largest absolute Gasteiger partial charge is 0.488 e. The molecule has 0 spiro atoms. The average molecular weight is 287 g/mol. The molecular formula is C16H17NO4. The Hall–Kier alpha value is -2.30. The molecule has 0 bridgehead atoms. The third-order valence-electron chi connectivity index (χ3n) is 3.96. The molecule has 0 radical (unpaired) electrons. The highest BCUT2D eigenvalue weighted by Crippen LogP contribution is 2.27. The van der Waals surface area contributed by atoms with Crippen LogP contribution in [0.4, 0.5) is 0 Å². The van der Waals surface area contributed by atoms with Crippen LogP contribution in [0.3, 0.4) is 0 Å². The Kier molecular flexibility index (Phi) is 3.64. The summed E-state index contributed by atoms with van der Waals surface area (Å²) >= 11 is 0. The minimum absolute atomic E-state index is 0.115. The number of nitrogens with zero attached hydrogens (tertiary/aromatic N) is 1. The molecule has 21 heavy (non-hydrogen) atoms. The predicted octanol–water partition coefficient (Wildman–Crippen LogP) is 1.79. The molecule has 5 heteroatoms. The summed E-state index contributed by atoms with van der Waals surface area (Å²) in [6.07, 6.45) is 3.20. The van der Waals surface area contributed by atoms with Crippen LogP contribution in [0.15, 0.2) is 29.8 Å². The van der Waals surface area contributed by atoms with Crippen molar-refractivity contribution < 1.29 is 19.4 Å². The zero-order valence-corrected chi connectivity index (χ0v) is 11.6. The van der Waals surface area contributed by atoms with E-state index >= 15 is 0 Å². The minimum Gasteiger partial charge on any atom is -0.488 e. The normalized spacial score (nSPS) is 21.0. The molecule has 1 aromatic rings. The monoisotopic (exact) mass is 287 g/mol. The molecule has 0 aliphatic carbocycles. The maximum Gasteiger partial charge on any atom is 0.308 e. The number of hydrogen-bond donors (Lipinski definition) is 1. The van der Waals surface area contributed by atoms with Crippen molar-refractivity contribution in [1.29, 1.82) is 0 Å². The van der Waals surface area contributed by atoms with Crippen molar-refractivity contribution >= 4 is 18.0 Å². The van der Waals surface area contributed by atoms with E-state index in [1.165, 1.54) is 0 Å². The number of aliphatic carboxylic acids is 1. The lowest BCUT2D eigenvalue weighted by Crippen LogP contribution is -2.43. The second-order valence-electron chi connectivity index (χ2n) is 5.42. The third-order valence-corrected chi connectivity index (χ3v) is 3.96. The summed E-state index contributed by atoms with van der Waals surface area (Å²) < 4.78 is 5.59. The summed E-state index contributed by atoms with van der Waals surface area (Å²) in [5, 5.41) is 9.10. The summed E-state index contributed by atoms with van der Waals surface area (Å²) in [5.74, 6) is -0.627. The summed E-state index contributed by atoms with van der Waals surface area (Å²) in [4.78, 5) is 25.2. The van der Waals surface area contributed by atoms with Gasteiger partial charge < -0.3 is 14.7 Å². The molecule has 0 saturated carbocycles. The molecule has 1 atom stereocenters. The van der Waals surface area contributed by atoms with Crippen LogP contribution in [0.5, 0.6) is 5.75 Å². The smallest absolute Gasteiger partial charge is 0.308 e. The fraction of sp³-hybridized carbons (Fsp3) is 0.375. The van der Waals surface area contributed by atoms with Crippen LogP contribution >= 0.6 is 0 Å². The summed E-state index contributed by atoms with van der Waals surface area (Å²) in [6, 6.07) is 7.56. The van der Waals surface area contributed by atoms with Gasteiger partial charge in [-0.2, -0.15) is 0 Å². The quantitative estimate of drug-likeness (QED) is 0.900. The van der Waals surface area contributed by atoms with Gasteiger partial charge in [0.25, 0.3) is 5.91 Å². The van der Waals surface area contributed by atoms with Crippen LogP contribution < -0.4 is 4.74 Å². The number of hydrogen-bond acceptors (Lipinski definition) is 3. The Morgan fingerprint density at radius 3 is 2.90 bits per heavy atom. The number of likely N-dealkylation sites (tertiary alicyclic amines) is 1. The van der Waals surface area contributed by atoms with Gasteiger partial charge in [0.2, 0.25) is 0 Å². The maximum absolute atomic E-state index is 12.5. The summed E-state index contributed by atoms with van der Waals surface area (Å²) in [7, 11) is 0. The zero-order chi connectivity index (χ0) is 14.8. The minimum atomic E-state index is -0.827. The van der Waals surface area contributed by atoms with Crippen LogP contribution in [0, 0.1) is 5.92 Å². The van der Waals surface area contributed by atoms with Gasteiger partial charge in [-0.25, -0.2) is 0 Å². The van der Waals surface area contributed by atoms with Crippen molar-refractivity contribution in [2.24, 2.45) is 5.92 Å². The van der Waals surface area contributed by atoms with Crippen molar-refractivity contribution in [3.05, 3.63) is 35.4 Å². The van der Waals surface area contributed by atoms with Crippen LogP contribution in [-0.2, 0) is 9.59 Å². The standard InChI is InChI=1S/C16H17NO4/c18-15(17-7-3-5-12(9-17)16(19)20)13-8-11-4-1-2-6-14(11)21-10-13/h1-2,4,6,8,12H,3,5,7,9-10H2,(H,19,20). The van der Waals surface area contributed by atoms with E-state index in [9.17, 15) is 9.59 Å². The summed E-state index contributed by atoms with van der Waals surface area (Å²) in [5.41, 5.74) is 1.47. The zero-order valence-electron chi connectivity index (χ0n) is 11.6. The Morgan fingerprint density at radius 2 is 2.10 bits per heavy atom. The molecular weight excluding hydrogens is 270 g/mol. The van der Waals surface area contributed by atoms with Gasteiger partial charge in [0.1, 0.15) is 12.4 Å². The number of para-hydroxylation sites is 1. The van der Waals surface area contributed by atoms with Crippen molar-refractivity contribution in [1.82, 2.24) is 4.90 Å². The van der Waals surface area contributed by atoms with E-state index in [2.05, 4.69) is 0 Å². The van der Waals surface area contributed by atoms with E-state index in [1.54, 1.807) is 4.90 Å². The fourth-order valence-electron chi connectivity index (χ4n) is 2.81. The Labute approximate surface area is 122 Å². The van der Waals surface area contributed by atoms with Crippen molar-refractivity contribution in [2.45, 2.75) is 12.8 Å². The number of carbonyl (C=O) groups excluding carboxylic acids is 1. The molecule has 1 saturated heterocycles. The molecule has 1 N–H and O–H groups in total. The number of benzene rings is 1. The van der Waals surface area contributed by atoms with Gasteiger partial charge in [-0.05, 0) is 25.0 Å². The van der Waals surface area contributed by atoms with Crippen molar-refractivity contribution in [2.75, 3.05) is 19.7 Å². The summed E-state index contributed by atoms with van der Waals surface area (Å²) in [6.45, 7) is 1.14. The first kappa shape index (κ1) is 13.7. The van der Waals surface area contributed by atoms with Gasteiger partial charge in [0, 0.05) is 18.7 Å². The van der Waals surface area contributed by atoms with Gasteiger partial charge in [0.15, 0.2) is 0 Å². The lowest BCUT2D eigenvalue weighted by atomic mass is 9.97. The first-order valence-corrected chi connectivity index (χ1v) is 7.09. The number of piperidine rings is 1. The highest BCUT2D eigenvalue weighted by atomic mass is 16.5. The lowest BCUT2D eigenvalue weighted by Gasteiger charge is -2.32. The molecule has 2 aliphatic heterocycles. The first-order chi connectivity index (χ1) is 10.1. The molecule has 2 aliphatic rings. The van der Waals surface area contributed by atoms with Crippen molar-refractivity contribution in [3.8, 4) is 5.75 Å². The average Bonchev–Trinajstić information content (AvgIpc) is 2.53. The maximum atomic E-state index is 12.5. The molecule has 2 heterocycles. The van der Waals surface area contributed by atoms with Crippen LogP contribution in [0.2, 0.25) is 0 Å². The van der Waals surface area contributed by atoms with Crippen LogP contribution in [0.25, 0.3) is 6.08 Å². The van der Waals surface area contributed by atoms with Gasteiger partial charge >= 0.3 is 5.97 Å². The molecule has 1 amide bonds. The second-order valence-corrected chi connectivity index (χ2v) is 5.42. The van der Waals surface area contributed by atoms with Crippen LogP contribution in [0.1, 0.15) is 18.4 Å². The SMILES string of the molecule is O=C(O)C1CCCN(C(=O)C2=Cc3ccccc3OC2)C1. The highest BCUT2D eigenvalue weighted by molar-refractivity contribution is 5.99. The van der Waals surface area contributed by atoms with Gasteiger partial charge in [-0.1, -0.05) is 18.2 Å². The molecule has 0 aromatic heterocycles. The van der Waals surface area contributed by atoms with E-state index in [-0.39, 0.29) is 19.1 Å².